The molecule has 0 saturated carbocycles. The quantitative estimate of drug-likeness (QED) is 0.479. The average molecular weight is 449 g/mol. The van der Waals surface area contributed by atoms with E-state index in [4.69, 9.17) is 28.7 Å². The highest BCUT2D eigenvalue weighted by Crippen LogP contribution is 2.44. The zero-order chi connectivity index (χ0) is 22.9. The first-order valence-electron chi connectivity index (χ1n) is 10.4. The first-order valence-corrected chi connectivity index (χ1v) is 10.4. The molecule has 1 aromatic carbocycles. The molecule has 9 nitrogen and oxygen atoms in total. The topological polar surface area (TPSA) is 96.6 Å². The molecule has 0 fully saturated rings. The fourth-order valence-corrected chi connectivity index (χ4v) is 4.00. The summed E-state index contributed by atoms with van der Waals surface area (Å²) in [5.41, 5.74) is 4.05. The smallest absolute Gasteiger partial charge is 0.212 e. The van der Waals surface area contributed by atoms with E-state index in [1.165, 1.54) is 0 Å². The molecule has 4 heterocycles. The predicted molar refractivity (Wildman–Crippen MR) is 120 cm³/mol. The van der Waals surface area contributed by atoms with E-state index >= 15 is 0 Å². The van der Waals surface area contributed by atoms with Gasteiger partial charge in [0.2, 0.25) is 11.6 Å². The van der Waals surface area contributed by atoms with E-state index in [1.54, 1.807) is 33.6 Å². The Hall–Kier alpha value is -3.98. The molecule has 0 bridgehead atoms. The number of rotatable bonds is 6. The zero-order valence-electron chi connectivity index (χ0n) is 18.5. The average Bonchev–Trinajstić information content (AvgIpc) is 3.25. The molecule has 0 radical (unpaired) electrons. The molecule has 0 spiro atoms. The molecule has 1 aliphatic heterocycles. The monoisotopic (exact) mass is 449 g/mol. The predicted octanol–water partition coefficient (Wildman–Crippen LogP) is 3.35. The van der Waals surface area contributed by atoms with Gasteiger partial charge in [0, 0.05) is 29.6 Å². The molecule has 9 heteroatoms. The summed E-state index contributed by atoms with van der Waals surface area (Å²) >= 11 is 0. The number of imidazole rings is 1. The van der Waals surface area contributed by atoms with Crippen molar-refractivity contribution < 1.29 is 28.8 Å². The summed E-state index contributed by atoms with van der Waals surface area (Å²) in [5.74, 6) is 2.83. The van der Waals surface area contributed by atoms with E-state index in [0.717, 1.165) is 16.7 Å². The SMILES string of the molecule is COc1ccc(-c2nc3c(OC)c(OC)c(-c4ccc5c(c4)OCCO5)cn3c2CO)cn1. The lowest BCUT2D eigenvalue weighted by Crippen LogP contribution is -2.15. The van der Waals surface area contributed by atoms with Gasteiger partial charge in [0.1, 0.15) is 13.2 Å². The first kappa shape index (κ1) is 20.9. The van der Waals surface area contributed by atoms with Crippen molar-refractivity contribution in [2.45, 2.75) is 6.61 Å². The number of ether oxygens (including phenoxy) is 5. The number of nitrogens with zero attached hydrogens (tertiary/aromatic N) is 3. The van der Waals surface area contributed by atoms with E-state index in [1.807, 2.05) is 34.9 Å². The molecular weight excluding hydrogens is 426 g/mol. The maximum Gasteiger partial charge on any atom is 0.212 e. The number of methoxy groups -OCH3 is 3. The van der Waals surface area contributed by atoms with Crippen molar-refractivity contribution in [3.63, 3.8) is 0 Å². The van der Waals surface area contributed by atoms with Crippen molar-refractivity contribution in [3.05, 3.63) is 48.4 Å². The third kappa shape index (κ3) is 3.46. The van der Waals surface area contributed by atoms with Crippen LogP contribution in [0.15, 0.2) is 42.7 Å². The van der Waals surface area contributed by atoms with Gasteiger partial charge in [-0.3, -0.25) is 4.40 Å². The lowest BCUT2D eigenvalue weighted by molar-refractivity contribution is 0.171. The normalized spacial score (nSPS) is 12.6. The summed E-state index contributed by atoms with van der Waals surface area (Å²) in [4.78, 5) is 9.03. The van der Waals surface area contributed by atoms with E-state index in [0.29, 0.717) is 59.1 Å². The summed E-state index contributed by atoms with van der Waals surface area (Å²) in [7, 11) is 4.70. The zero-order valence-corrected chi connectivity index (χ0v) is 18.5. The Kier molecular flexibility index (Phi) is 5.39. The number of fused-ring (bicyclic) bond motifs is 2. The van der Waals surface area contributed by atoms with Crippen LogP contribution in [-0.4, -0.2) is 54.0 Å². The molecule has 33 heavy (non-hydrogen) atoms. The highest BCUT2D eigenvalue weighted by Gasteiger charge is 2.24. The molecule has 0 unspecified atom stereocenters. The molecule has 0 aliphatic carbocycles. The Morgan fingerprint density at radius 1 is 0.939 bits per heavy atom. The van der Waals surface area contributed by atoms with Crippen LogP contribution in [0.3, 0.4) is 0 Å². The van der Waals surface area contributed by atoms with Gasteiger partial charge >= 0.3 is 0 Å². The van der Waals surface area contributed by atoms with Crippen molar-refractivity contribution in [1.29, 1.82) is 0 Å². The summed E-state index contributed by atoms with van der Waals surface area (Å²) in [6.07, 6.45) is 3.53. The lowest BCUT2D eigenvalue weighted by atomic mass is 10.0. The fraction of sp³-hybridized carbons (Fsp3) is 0.250. The Balaban J connectivity index is 1.74. The molecule has 4 aromatic rings. The Labute approximate surface area is 190 Å². The van der Waals surface area contributed by atoms with Gasteiger partial charge in [-0.15, -0.1) is 0 Å². The minimum absolute atomic E-state index is 0.238. The van der Waals surface area contributed by atoms with Crippen LogP contribution in [0.5, 0.6) is 28.9 Å². The van der Waals surface area contributed by atoms with Crippen LogP contribution in [0.4, 0.5) is 0 Å². The van der Waals surface area contributed by atoms with Gasteiger partial charge in [-0.2, -0.15) is 0 Å². The number of aromatic nitrogens is 3. The second-order valence-electron chi connectivity index (χ2n) is 7.32. The van der Waals surface area contributed by atoms with Crippen molar-refractivity contribution in [3.8, 4) is 51.3 Å². The van der Waals surface area contributed by atoms with Crippen LogP contribution >= 0.6 is 0 Å². The lowest BCUT2D eigenvalue weighted by Gasteiger charge is -2.20. The largest absolute Gasteiger partial charge is 0.492 e. The summed E-state index contributed by atoms with van der Waals surface area (Å²) in [6, 6.07) is 9.30. The van der Waals surface area contributed by atoms with E-state index in [-0.39, 0.29) is 6.61 Å². The Morgan fingerprint density at radius 3 is 2.36 bits per heavy atom. The van der Waals surface area contributed by atoms with Gasteiger partial charge in [-0.1, -0.05) is 6.07 Å². The summed E-state index contributed by atoms with van der Waals surface area (Å²) in [5, 5.41) is 10.3. The number of aliphatic hydroxyl groups is 1. The van der Waals surface area contributed by atoms with Crippen LogP contribution in [0.2, 0.25) is 0 Å². The second kappa shape index (κ2) is 8.51. The minimum atomic E-state index is -0.238. The Morgan fingerprint density at radius 2 is 1.70 bits per heavy atom. The summed E-state index contributed by atoms with van der Waals surface area (Å²) in [6.45, 7) is 0.775. The van der Waals surface area contributed by atoms with Crippen LogP contribution in [0.1, 0.15) is 5.69 Å². The minimum Gasteiger partial charge on any atom is -0.492 e. The van der Waals surface area contributed by atoms with Crippen molar-refractivity contribution in [2.24, 2.45) is 0 Å². The Bertz CT molecular complexity index is 1320. The van der Waals surface area contributed by atoms with E-state index in [9.17, 15) is 5.11 Å². The highest BCUT2D eigenvalue weighted by atomic mass is 16.6. The van der Waals surface area contributed by atoms with Gasteiger partial charge in [0.05, 0.1) is 39.3 Å². The molecule has 5 rings (SSSR count). The van der Waals surface area contributed by atoms with Gasteiger partial charge in [0.15, 0.2) is 22.9 Å². The van der Waals surface area contributed by atoms with Crippen molar-refractivity contribution in [2.75, 3.05) is 34.5 Å². The van der Waals surface area contributed by atoms with Gasteiger partial charge in [-0.05, 0) is 23.8 Å². The molecule has 170 valence electrons. The standard InChI is InChI=1S/C24H23N3O6/c1-29-20-7-5-15(11-25-20)21-17(13-28)27-12-16(22(30-2)23(31-3)24(27)26-21)14-4-6-18-19(10-14)33-9-8-32-18/h4-7,10-12,28H,8-9,13H2,1-3H3. The second-order valence-corrected chi connectivity index (χ2v) is 7.32. The third-order valence-electron chi connectivity index (χ3n) is 5.55. The van der Waals surface area contributed by atoms with Crippen molar-refractivity contribution >= 4 is 5.65 Å². The molecule has 1 N–H and O–H groups in total. The number of benzene rings is 1. The maximum atomic E-state index is 10.3. The molecule has 3 aromatic heterocycles. The molecular formula is C24H23N3O6. The number of hydrogen-bond acceptors (Lipinski definition) is 8. The molecule has 0 amide bonds. The fourth-order valence-electron chi connectivity index (χ4n) is 4.00. The summed E-state index contributed by atoms with van der Waals surface area (Å²) < 4.78 is 29.8. The third-order valence-corrected chi connectivity index (χ3v) is 5.55. The number of pyridine rings is 2. The number of aliphatic hydroxyl groups excluding tert-OH is 1. The van der Waals surface area contributed by atoms with E-state index in [2.05, 4.69) is 4.98 Å². The van der Waals surface area contributed by atoms with Crippen LogP contribution in [-0.2, 0) is 6.61 Å². The van der Waals surface area contributed by atoms with Crippen molar-refractivity contribution in [1.82, 2.24) is 14.4 Å². The number of hydrogen-bond donors (Lipinski definition) is 1. The highest BCUT2D eigenvalue weighted by molar-refractivity contribution is 5.82. The maximum absolute atomic E-state index is 10.3. The molecule has 0 saturated heterocycles. The van der Waals surface area contributed by atoms with Crippen LogP contribution in [0.25, 0.3) is 28.0 Å². The van der Waals surface area contributed by atoms with Gasteiger partial charge < -0.3 is 28.8 Å². The van der Waals surface area contributed by atoms with Gasteiger partial charge in [0.25, 0.3) is 0 Å². The first-order chi connectivity index (χ1) is 16.2. The van der Waals surface area contributed by atoms with Gasteiger partial charge in [-0.25, -0.2) is 9.97 Å². The molecule has 0 atom stereocenters. The van der Waals surface area contributed by atoms with Crippen LogP contribution < -0.4 is 23.7 Å². The van der Waals surface area contributed by atoms with E-state index < -0.39 is 0 Å². The van der Waals surface area contributed by atoms with Crippen LogP contribution in [0, 0.1) is 0 Å². The molecule has 1 aliphatic rings.